The summed E-state index contributed by atoms with van der Waals surface area (Å²) in [5.41, 5.74) is 2.09. The van der Waals surface area contributed by atoms with Crippen LogP contribution in [-0.2, 0) is 9.53 Å². The highest BCUT2D eigenvalue weighted by Gasteiger charge is 2.27. The van der Waals surface area contributed by atoms with Crippen molar-refractivity contribution in [2.45, 2.75) is 20.0 Å². The number of hydrogen-bond acceptors (Lipinski definition) is 5. The smallest absolute Gasteiger partial charge is 0.349 e. The van der Waals surface area contributed by atoms with Crippen LogP contribution in [0.2, 0.25) is 0 Å². The summed E-state index contributed by atoms with van der Waals surface area (Å²) in [7, 11) is 1.54. The standard InChI is InChI=1S/C22H21NO4S/c1-14-9-11-18(26-3)17(13-14)23-21(24)20(16-7-5-4-6-8-16)27-22(25)19-12-10-15(2)28-19/h4-13,20H,1-3H3,(H,23,24). The molecule has 0 radical (unpaired) electrons. The Hall–Kier alpha value is -3.12. The summed E-state index contributed by atoms with van der Waals surface area (Å²) in [5.74, 6) is -0.444. The van der Waals surface area contributed by atoms with Crippen LogP contribution in [0, 0.1) is 13.8 Å². The Morgan fingerprint density at radius 2 is 1.75 bits per heavy atom. The van der Waals surface area contributed by atoms with E-state index in [1.54, 1.807) is 36.4 Å². The zero-order chi connectivity index (χ0) is 20.1. The number of benzene rings is 2. The highest BCUT2D eigenvalue weighted by atomic mass is 32.1. The average Bonchev–Trinajstić information content (AvgIpc) is 3.13. The van der Waals surface area contributed by atoms with E-state index in [1.165, 1.54) is 18.4 Å². The molecule has 6 heteroatoms. The van der Waals surface area contributed by atoms with E-state index in [9.17, 15) is 9.59 Å². The lowest BCUT2D eigenvalue weighted by Crippen LogP contribution is -2.26. The highest BCUT2D eigenvalue weighted by Crippen LogP contribution is 2.28. The summed E-state index contributed by atoms with van der Waals surface area (Å²) in [4.78, 5) is 27.0. The predicted octanol–water partition coefficient (Wildman–Crippen LogP) is 4.91. The van der Waals surface area contributed by atoms with Gasteiger partial charge in [0.15, 0.2) is 0 Å². The Balaban J connectivity index is 1.87. The molecule has 28 heavy (non-hydrogen) atoms. The van der Waals surface area contributed by atoms with E-state index in [0.717, 1.165) is 10.4 Å². The van der Waals surface area contributed by atoms with Crippen LogP contribution < -0.4 is 10.1 Å². The molecule has 0 bridgehead atoms. The molecule has 1 unspecified atom stereocenters. The minimum absolute atomic E-state index is 0.447. The SMILES string of the molecule is COc1ccc(C)cc1NC(=O)C(OC(=O)c1ccc(C)s1)c1ccccc1. The van der Waals surface area contributed by atoms with Crippen molar-refractivity contribution in [3.8, 4) is 5.75 Å². The van der Waals surface area contributed by atoms with Gasteiger partial charge in [-0.05, 0) is 43.7 Å². The minimum atomic E-state index is -1.08. The van der Waals surface area contributed by atoms with Crippen LogP contribution in [0.25, 0.3) is 0 Å². The number of esters is 1. The van der Waals surface area contributed by atoms with Crippen molar-refractivity contribution in [1.82, 2.24) is 0 Å². The first-order valence-corrected chi connectivity index (χ1v) is 9.57. The van der Waals surface area contributed by atoms with Gasteiger partial charge in [0.2, 0.25) is 6.10 Å². The van der Waals surface area contributed by atoms with Crippen LogP contribution in [0.15, 0.2) is 60.7 Å². The maximum absolute atomic E-state index is 13.0. The Bertz CT molecular complexity index is 981. The maximum atomic E-state index is 13.0. The first kappa shape index (κ1) is 19.6. The van der Waals surface area contributed by atoms with Gasteiger partial charge in [0, 0.05) is 10.4 Å². The lowest BCUT2D eigenvalue weighted by molar-refractivity contribution is -0.125. The first-order valence-electron chi connectivity index (χ1n) is 8.76. The second-order valence-corrected chi connectivity index (χ2v) is 7.59. The van der Waals surface area contributed by atoms with Gasteiger partial charge in [-0.2, -0.15) is 0 Å². The maximum Gasteiger partial charge on any atom is 0.349 e. The van der Waals surface area contributed by atoms with Crippen molar-refractivity contribution in [2.75, 3.05) is 12.4 Å². The first-order chi connectivity index (χ1) is 13.5. The Kier molecular flexibility index (Phi) is 6.11. The molecular weight excluding hydrogens is 374 g/mol. The molecule has 0 fully saturated rings. The molecule has 3 rings (SSSR count). The quantitative estimate of drug-likeness (QED) is 0.602. The number of thiophene rings is 1. The number of nitrogens with one attached hydrogen (secondary N) is 1. The topological polar surface area (TPSA) is 64.6 Å². The lowest BCUT2D eigenvalue weighted by Gasteiger charge is -2.19. The molecule has 1 amide bonds. The molecule has 144 valence electrons. The fraction of sp³-hybridized carbons (Fsp3) is 0.182. The Labute approximate surface area is 167 Å². The molecule has 0 aliphatic rings. The van der Waals surface area contributed by atoms with Gasteiger partial charge in [0.25, 0.3) is 5.91 Å². The van der Waals surface area contributed by atoms with Gasteiger partial charge >= 0.3 is 5.97 Å². The van der Waals surface area contributed by atoms with E-state index in [2.05, 4.69) is 5.32 Å². The highest BCUT2D eigenvalue weighted by molar-refractivity contribution is 7.13. The fourth-order valence-electron chi connectivity index (χ4n) is 2.73. The van der Waals surface area contributed by atoms with Gasteiger partial charge in [-0.25, -0.2) is 4.79 Å². The zero-order valence-corrected chi connectivity index (χ0v) is 16.7. The largest absolute Gasteiger partial charge is 0.495 e. The summed E-state index contributed by atoms with van der Waals surface area (Å²) in [6.07, 6.45) is -1.08. The third kappa shape index (κ3) is 4.58. The lowest BCUT2D eigenvalue weighted by atomic mass is 10.1. The third-order valence-corrected chi connectivity index (χ3v) is 5.10. The van der Waals surface area contributed by atoms with Crippen LogP contribution in [-0.4, -0.2) is 19.0 Å². The summed E-state index contributed by atoms with van der Waals surface area (Å²) in [5, 5.41) is 2.83. The molecule has 5 nitrogen and oxygen atoms in total. The summed E-state index contributed by atoms with van der Waals surface area (Å²) in [6, 6.07) is 18.0. The van der Waals surface area contributed by atoms with Crippen LogP contribution in [0.1, 0.15) is 31.8 Å². The van der Waals surface area contributed by atoms with E-state index in [1.807, 2.05) is 38.1 Å². The number of carbonyl (C=O) groups is 2. The normalized spacial score (nSPS) is 11.5. The van der Waals surface area contributed by atoms with Crippen LogP contribution in [0.3, 0.4) is 0 Å². The van der Waals surface area contributed by atoms with Crippen molar-refractivity contribution in [2.24, 2.45) is 0 Å². The number of aryl methyl sites for hydroxylation is 2. The van der Waals surface area contributed by atoms with E-state index in [-0.39, 0.29) is 0 Å². The number of amides is 1. The van der Waals surface area contributed by atoms with Crippen molar-refractivity contribution >= 4 is 28.9 Å². The van der Waals surface area contributed by atoms with Crippen LogP contribution >= 0.6 is 11.3 Å². The van der Waals surface area contributed by atoms with E-state index in [0.29, 0.717) is 21.9 Å². The summed E-state index contributed by atoms with van der Waals surface area (Å²) < 4.78 is 10.9. The molecule has 0 saturated carbocycles. The van der Waals surface area contributed by atoms with Gasteiger partial charge < -0.3 is 14.8 Å². The monoisotopic (exact) mass is 395 g/mol. The third-order valence-electron chi connectivity index (χ3n) is 4.12. The number of methoxy groups -OCH3 is 1. The van der Waals surface area contributed by atoms with Crippen molar-refractivity contribution in [3.63, 3.8) is 0 Å². The number of carbonyl (C=O) groups excluding carboxylic acids is 2. The average molecular weight is 395 g/mol. The Morgan fingerprint density at radius 3 is 2.39 bits per heavy atom. The molecule has 3 aromatic rings. The van der Waals surface area contributed by atoms with E-state index < -0.39 is 18.0 Å². The van der Waals surface area contributed by atoms with E-state index in [4.69, 9.17) is 9.47 Å². The number of hydrogen-bond donors (Lipinski definition) is 1. The second kappa shape index (κ2) is 8.71. The predicted molar refractivity (Wildman–Crippen MR) is 110 cm³/mol. The van der Waals surface area contributed by atoms with Gasteiger partial charge in [-0.1, -0.05) is 36.4 Å². The molecule has 0 spiro atoms. The molecule has 0 saturated heterocycles. The molecule has 2 aromatic carbocycles. The summed E-state index contributed by atoms with van der Waals surface area (Å²) in [6.45, 7) is 3.83. The molecule has 0 aliphatic carbocycles. The summed E-state index contributed by atoms with van der Waals surface area (Å²) >= 11 is 1.33. The van der Waals surface area contributed by atoms with Gasteiger partial charge in [-0.15, -0.1) is 11.3 Å². The fourth-order valence-corrected chi connectivity index (χ4v) is 3.48. The van der Waals surface area contributed by atoms with Gasteiger partial charge in [0.1, 0.15) is 10.6 Å². The van der Waals surface area contributed by atoms with Crippen LogP contribution in [0.4, 0.5) is 5.69 Å². The van der Waals surface area contributed by atoms with Crippen molar-refractivity contribution in [3.05, 3.63) is 81.5 Å². The molecule has 0 aliphatic heterocycles. The molecule has 1 N–H and O–H groups in total. The minimum Gasteiger partial charge on any atom is -0.495 e. The van der Waals surface area contributed by atoms with Gasteiger partial charge in [0.05, 0.1) is 12.8 Å². The molecule has 1 aromatic heterocycles. The molecular formula is C22H21NO4S. The number of ether oxygens (including phenoxy) is 2. The zero-order valence-electron chi connectivity index (χ0n) is 15.9. The van der Waals surface area contributed by atoms with E-state index >= 15 is 0 Å². The molecule has 1 heterocycles. The number of rotatable bonds is 6. The van der Waals surface area contributed by atoms with Crippen LogP contribution in [0.5, 0.6) is 5.75 Å². The second-order valence-electron chi connectivity index (χ2n) is 6.30. The molecule has 1 atom stereocenters. The Morgan fingerprint density at radius 1 is 1.00 bits per heavy atom. The van der Waals surface area contributed by atoms with Gasteiger partial charge in [-0.3, -0.25) is 4.79 Å². The van der Waals surface area contributed by atoms with Crippen molar-refractivity contribution < 1.29 is 19.1 Å². The van der Waals surface area contributed by atoms with Crippen molar-refractivity contribution in [1.29, 1.82) is 0 Å². The number of anilines is 1.